The Labute approximate surface area is 129 Å². The predicted molar refractivity (Wildman–Crippen MR) is 78.5 cm³/mol. The van der Waals surface area contributed by atoms with E-state index in [9.17, 15) is 9.90 Å². The molecule has 2 unspecified atom stereocenters. The van der Waals surface area contributed by atoms with Crippen LogP contribution in [0.5, 0.6) is 0 Å². The summed E-state index contributed by atoms with van der Waals surface area (Å²) in [5, 5.41) is 16.7. The Hall–Kier alpha value is -1.48. The summed E-state index contributed by atoms with van der Waals surface area (Å²) in [5.74, 6) is 0.925. The van der Waals surface area contributed by atoms with Crippen LogP contribution in [0.1, 0.15) is 5.76 Å². The molecule has 0 spiro atoms. The molecule has 0 radical (unpaired) electrons. The molecule has 3 heterocycles. The van der Waals surface area contributed by atoms with Crippen molar-refractivity contribution >= 4 is 11.7 Å². The van der Waals surface area contributed by atoms with Gasteiger partial charge in [0.05, 0.1) is 25.9 Å². The lowest BCUT2D eigenvalue weighted by Crippen LogP contribution is -2.49. The molecule has 22 heavy (non-hydrogen) atoms. The van der Waals surface area contributed by atoms with Gasteiger partial charge in [0.2, 0.25) is 5.91 Å². The molecule has 1 aromatic heterocycles. The highest BCUT2D eigenvalue weighted by Gasteiger charge is 2.36. The number of morpholine rings is 1. The number of hydrogen-bond acceptors (Lipinski definition) is 7. The van der Waals surface area contributed by atoms with Crippen molar-refractivity contribution in [1.82, 2.24) is 15.0 Å². The van der Waals surface area contributed by atoms with Crippen molar-refractivity contribution in [3.05, 3.63) is 11.8 Å². The first-order chi connectivity index (χ1) is 10.6. The summed E-state index contributed by atoms with van der Waals surface area (Å²) in [6.07, 6.45) is -0.430. The molecule has 0 saturated carbocycles. The fourth-order valence-corrected chi connectivity index (χ4v) is 3.05. The van der Waals surface area contributed by atoms with Gasteiger partial charge in [-0.1, -0.05) is 5.16 Å². The van der Waals surface area contributed by atoms with Crippen LogP contribution in [-0.4, -0.2) is 84.1 Å². The van der Waals surface area contributed by atoms with Crippen LogP contribution in [-0.2, 0) is 9.53 Å². The van der Waals surface area contributed by atoms with Gasteiger partial charge in [0.15, 0.2) is 5.82 Å². The molecule has 0 bridgehead atoms. The number of rotatable bonds is 4. The first-order valence-corrected chi connectivity index (χ1v) is 7.57. The molecule has 3 rings (SSSR count). The summed E-state index contributed by atoms with van der Waals surface area (Å²) in [7, 11) is 0. The van der Waals surface area contributed by atoms with E-state index in [-0.39, 0.29) is 18.5 Å². The molecular weight excluding hydrogens is 288 g/mol. The summed E-state index contributed by atoms with van der Waals surface area (Å²) in [4.78, 5) is 16.2. The van der Waals surface area contributed by atoms with E-state index in [1.807, 2.05) is 4.90 Å². The molecule has 0 aromatic carbocycles. The fourth-order valence-electron chi connectivity index (χ4n) is 3.05. The topological polar surface area (TPSA) is 91.1 Å². The Balaban J connectivity index is 1.50. The number of aliphatic hydroxyl groups excluding tert-OH is 1. The third-order valence-electron chi connectivity index (χ3n) is 4.11. The summed E-state index contributed by atoms with van der Waals surface area (Å²) >= 11 is 0. The number of aliphatic hydroxyl groups is 1. The second-order valence-electron chi connectivity index (χ2n) is 5.85. The van der Waals surface area contributed by atoms with Gasteiger partial charge < -0.3 is 19.7 Å². The van der Waals surface area contributed by atoms with Crippen molar-refractivity contribution in [2.75, 3.05) is 51.3 Å². The molecule has 2 fully saturated rings. The molecule has 8 heteroatoms. The van der Waals surface area contributed by atoms with Crippen LogP contribution in [0.3, 0.4) is 0 Å². The number of amides is 1. The van der Waals surface area contributed by atoms with Crippen molar-refractivity contribution < 1.29 is 19.2 Å². The summed E-state index contributed by atoms with van der Waals surface area (Å²) < 4.78 is 10.2. The number of anilines is 1. The lowest BCUT2D eigenvalue weighted by molar-refractivity contribution is -0.117. The minimum absolute atomic E-state index is 0.0750. The molecule has 1 aromatic rings. The van der Waals surface area contributed by atoms with Gasteiger partial charge in [0, 0.05) is 38.3 Å². The number of hydrogen-bond donors (Lipinski definition) is 2. The van der Waals surface area contributed by atoms with E-state index < -0.39 is 6.10 Å². The van der Waals surface area contributed by atoms with E-state index in [4.69, 9.17) is 9.26 Å². The number of carbonyl (C=O) groups excluding carboxylic acids is 1. The van der Waals surface area contributed by atoms with E-state index in [0.717, 1.165) is 13.1 Å². The summed E-state index contributed by atoms with van der Waals surface area (Å²) in [6.45, 7) is 6.28. The van der Waals surface area contributed by atoms with Gasteiger partial charge in [-0.2, -0.15) is 0 Å². The van der Waals surface area contributed by atoms with E-state index in [2.05, 4.69) is 15.4 Å². The van der Waals surface area contributed by atoms with Crippen LogP contribution < -0.4 is 5.32 Å². The van der Waals surface area contributed by atoms with Gasteiger partial charge in [-0.3, -0.25) is 14.6 Å². The highest BCUT2D eigenvalue weighted by molar-refractivity contribution is 5.91. The van der Waals surface area contributed by atoms with Crippen LogP contribution in [0.2, 0.25) is 0 Å². The molecule has 2 aliphatic heterocycles. The molecule has 1 amide bonds. The smallest absolute Gasteiger partial charge is 0.239 e. The van der Waals surface area contributed by atoms with Crippen LogP contribution in [0.4, 0.5) is 5.82 Å². The number of likely N-dealkylation sites (tertiary alicyclic amines) is 1. The molecule has 2 atom stereocenters. The first-order valence-electron chi connectivity index (χ1n) is 7.57. The number of nitrogens with one attached hydrogen (secondary N) is 1. The van der Waals surface area contributed by atoms with Crippen molar-refractivity contribution in [2.45, 2.75) is 19.1 Å². The highest BCUT2D eigenvalue weighted by atomic mass is 16.5. The zero-order valence-electron chi connectivity index (χ0n) is 12.7. The SMILES string of the molecule is Cc1cc(NC(=O)CN2CC(O)C(N3CCOCC3)C2)no1. The maximum atomic E-state index is 12.0. The van der Waals surface area contributed by atoms with Gasteiger partial charge in [0.1, 0.15) is 5.76 Å². The van der Waals surface area contributed by atoms with E-state index >= 15 is 0 Å². The maximum Gasteiger partial charge on any atom is 0.239 e. The average molecular weight is 310 g/mol. The number of aryl methyl sites for hydroxylation is 1. The van der Waals surface area contributed by atoms with Gasteiger partial charge >= 0.3 is 0 Å². The second kappa shape index (κ2) is 6.74. The number of nitrogens with zero attached hydrogens (tertiary/aromatic N) is 3. The Bertz CT molecular complexity index is 515. The van der Waals surface area contributed by atoms with Crippen molar-refractivity contribution in [3.8, 4) is 0 Å². The maximum absolute atomic E-state index is 12.0. The average Bonchev–Trinajstić information content (AvgIpc) is 3.05. The van der Waals surface area contributed by atoms with E-state index in [0.29, 0.717) is 37.9 Å². The van der Waals surface area contributed by atoms with Crippen LogP contribution >= 0.6 is 0 Å². The first kappa shape index (κ1) is 15.4. The molecule has 2 N–H and O–H groups in total. The molecule has 122 valence electrons. The second-order valence-corrected chi connectivity index (χ2v) is 5.85. The minimum atomic E-state index is -0.430. The third-order valence-corrected chi connectivity index (χ3v) is 4.11. The quantitative estimate of drug-likeness (QED) is 0.760. The van der Waals surface area contributed by atoms with Gasteiger partial charge in [-0.05, 0) is 6.92 Å². The zero-order chi connectivity index (χ0) is 15.5. The largest absolute Gasteiger partial charge is 0.390 e. The Kier molecular flexibility index (Phi) is 4.72. The number of aromatic nitrogens is 1. The van der Waals surface area contributed by atoms with E-state index in [1.54, 1.807) is 13.0 Å². The molecule has 2 aliphatic rings. The molecular formula is C14H22N4O4. The van der Waals surface area contributed by atoms with E-state index in [1.165, 1.54) is 0 Å². The van der Waals surface area contributed by atoms with Crippen LogP contribution in [0.25, 0.3) is 0 Å². The third kappa shape index (κ3) is 3.64. The number of carbonyl (C=O) groups is 1. The number of ether oxygens (including phenoxy) is 1. The lowest BCUT2D eigenvalue weighted by Gasteiger charge is -2.33. The Morgan fingerprint density at radius 2 is 2.23 bits per heavy atom. The van der Waals surface area contributed by atoms with Gasteiger partial charge in [0.25, 0.3) is 0 Å². The fraction of sp³-hybridized carbons (Fsp3) is 0.714. The van der Waals surface area contributed by atoms with Crippen LogP contribution in [0, 0.1) is 6.92 Å². The predicted octanol–water partition coefficient (Wildman–Crippen LogP) is -0.701. The van der Waals surface area contributed by atoms with Crippen molar-refractivity contribution in [3.63, 3.8) is 0 Å². The normalized spacial score (nSPS) is 27.2. The zero-order valence-corrected chi connectivity index (χ0v) is 12.7. The Morgan fingerprint density at radius 1 is 1.45 bits per heavy atom. The standard InChI is InChI=1S/C14H22N4O4/c1-10-6-13(16-22-10)15-14(20)9-17-7-11(12(19)8-17)18-2-4-21-5-3-18/h6,11-12,19H,2-5,7-9H2,1H3,(H,15,16,20). The molecule has 8 nitrogen and oxygen atoms in total. The minimum Gasteiger partial charge on any atom is -0.390 e. The van der Waals surface area contributed by atoms with Crippen molar-refractivity contribution in [1.29, 1.82) is 0 Å². The monoisotopic (exact) mass is 310 g/mol. The molecule has 0 aliphatic carbocycles. The highest BCUT2D eigenvalue weighted by Crippen LogP contribution is 2.17. The summed E-state index contributed by atoms with van der Waals surface area (Å²) in [6, 6.07) is 1.75. The van der Waals surface area contributed by atoms with Crippen molar-refractivity contribution in [2.24, 2.45) is 0 Å². The van der Waals surface area contributed by atoms with Gasteiger partial charge in [-0.15, -0.1) is 0 Å². The Morgan fingerprint density at radius 3 is 2.91 bits per heavy atom. The van der Waals surface area contributed by atoms with Gasteiger partial charge in [-0.25, -0.2) is 0 Å². The number of β-amino-alcohol motifs (C(OH)–C–C–N with tert-alkyl or cyclic N) is 1. The molecule has 2 saturated heterocycles. The lowest BCUT2D eigenvalue weighted by atomic mass is 10.2. The van der Waals surface area contributed by atoms with Crippen LogP contribution in [0.15, 0.2) is 10.6 Å². The summed E-state index contributed by atoms with van der Waals surface area (Å²) in [5.41, 5.74) is 0.